The number of alkyl carbamates (subject to hydrolysis) is 1. The third-order valence-corrected chi connectivity index (χ3v) is 3.42. The molecule has 1 saturated carbocycles. The van der Waals surface area contributed by atoms with Crippen LogP contribution in [0.3, 0.4) is 0 Å². The molecule has 0 saturated heterocycles. The van der Waals surface area contributed by atoms with E-state index in [2.05, 4.69) is 26.1 Å². The monoisotopic (exact) mass is 213 g/mol. The number of amides is 1. The molecule has 0 heterocycles. The van der Waals surface area contributed by atoms with Crippen molar-refractivity contribution in [2.75, 3.05) is 7.05 Å². The first-order chi connectivity index (χ1) is 7.04. The molecule has 1 aliphatic carbocycles. The van der Waals surface area contributed by atoms with Crippen molar-refractivity contribution in [2.24, 2.45) is 17.8 Å². The second-order valence-electron chi connectivity index (χ2n) is 5.02. The SMILES string of the molecule is CNC(=O)OC1CC(C)CCC1C(C)C. The van der Waals surface area contributed by atoms with Crippen LogP contribution in [0.2, 0.25) is 0 Å². The molecule has 0 aromatic carbocycles. The Hall–Kier alpha value is -0.730. The third kappa shape index (κ3) is 3.40. The maximum atomic E-state index is 11.2. The lowest BCUT2D eigenvalue weighted by atomic mass is 9.75. The number of hydrogen-bond acceptors (Lipinski definition) is 2. The first kappa shape index (κ1) is 12.3. The van der Waals surface area contributed by atoms with Crippen LogP contribution in [0.1, 0.15) is 40.0 Å². The molecule has 1 aliphatic rings. The van der Waals surface area contributed by atoms with Crippen molar-refractivity contribution in [2.45, 2.75) is 46.1 Å². The lowest BCUT2D eigenvalue weighted by Crippen LogP contribution is -2.38. The van der Waals surface area contributed by atoms with E-state index in [1.54, 1.807) is 7.05 Å². The summed E-state index contributed by atoms with van der Waals surface area (Å²) in [5.74, 6) is 1.79. The van der Waals surface area contributed by atoms with Crippen LogP contribution in [0.25, 0.3) is 0 Å². The van der Waals surface area contributed by atoms with E-state index in [9.17, 15) is 4.79 Å². The summed E-state index contributed by atoms with van der Waals surface area (Å²) in [6.07, 6.45) is 3.26. The number of carbonyl (C=O) groups is 1. The summed E-state index contributed by atoms with van der Waals surface area (Å²) >= 11 is 0. The maximum absolute atomic E-state index is 11.2. The Labute approximate surface area is 92.6 Å². The van der Waals surface area contributed by atoms with Crippen LogP contribution in [0, 0.1) is 17.8 Å². The van der Waals surface area contributed by atoms with Gasteiger partial charge in [-0.15, -0.1) is 0 Å². The molecule has 0 spiro atoms. The van der Waals surface area contributed by atoms with Crippen molar-refractivity contribution in [3.63, 3.8) is 0 Å². The standard InChI is InChI=1S/C12H23NO2/c1-8(2)10-6-5-9(3)7-11(10)15-12(14)13-4/h8-11H,5-7H2,1-4H3,(H,13,14). The second-order valence-corrected chi connectivity index (χ2v) is 5.02. The fourth-order valence-electron chi connectivity index (χ4n) is 2.45. The summed E-state index contributed by atoms with van der Waals surface area (Å²) in [5, 5.41) is 2.53. The molecular weight excluding hydrogens is 190 g/mol. The maximum Gasteiger partial charge on any atom is 0.407 e. The minimum atomic E-state index is -0.292. The molecule has 0 aliphatic heterocycles. The Morgan fingerprint density at radius 3 is 2.60 bits per heavy atom. The fraction of sp³-hybridized carbons (Fsp3) is 0.917. The zero-order chi connectivity index (χ0) is 11.4. The Kier molecular flexibility index (Phi) is 4.43. The molecule has 1 amide bonds. The molecule has 0 radical (unpaired) electrons. The van der Waals surface area contributed by atoms with Gasteiger partial charge in [-0.3, -0.25) is 0 Å². The first-order valence-corrected chi connectivity index (χ1v) is 5.93. The quantitative estimate of drug-likeness (QED) is 0.766. The minimum Gasteiger partial charge on any atom is -0.446 e. The Morgan fingerprint density at radius 1 is 1.40 bits per heavy atom. The van der Waals surface area contributed by atoms with Crippen LogP contribution in [0.5, 0.6) is 0 Å². The van der Waals surface area contributed by atoms with Crippen molar-refractivity contribution in [1.29, 1.82) is 0 Å². The molecule has 0 aromatic rings. The summed E-state index contributed by atoms with van der Waals surface area (Å²) in [6, 6.07) is 0. The van der Waals surface area contributed by atoms with Crippen LogP contribution >= 0.6 is 0 Å². The van der Waals surface area contributed by atoms with Crippen molar-refractivity contribution in [3.05, 3.63) is 0 Å². The molecule has 3 atom stereocenters. The average Bonchev–Trinajstić information content (AvgIpc) is 2.17. The van der Waals surface area contributed by atoms with Crippen LogP contribution in [-0.4, -0.2) is 19.2 Å². The number of rotatable bonds is 2. The van der Waals surface area contributed by atoms with E-state index in [0.717, 1.165) is 6.42 Å². The van der Waals surface area contributed by atoms with E-state index in [-0.39, 0.29) is 12.2 Å². The van der Waals surface area contributed by atoms with Gasteiger partial charge in [-0.2, -0.15) is 0 Å². The normalized spacial score (nSPS) is 31.4. The molecule has 0 aromatic heterocycles. The molecule has 15 heavy (non-hydrogen) atoms. The predicted molar refractivity (Wildman–Crippen MR) is 60.7 cm³/mol. The molecule has 0 bridgehead atoms. The topological polar surface area (TPSA) is 38.3 Å². The van der Waals surface area contributed by atoms with Gasteiger partial charge in [0.25, 0.3) is 0 Å². The van der Waals surface area contributed by atoms with Gasteiger partial charge in [-0.1, -0.05) is 27.2 Å². The lowest BCUT2D eigenvalue weighted by molar-refractivity contribution is 0.00703. The molecule has 3 heteroatoms. The predicted octanol–water partition coefficient (Wildman–Crippen LogP) is 2.80. The zero-order valence-electron chi connectivity index (χ0n) is 10.2. The number of carbonyl (C=O) groups excluding carboxylic acids is 1. The van der Waals surface area contributed by atoms with E-state index in [4.69, 9.17) is 4.74 Å². The molecule has 3 unspecified atom stereocenters. The summed E-state index contributed by atoms with van der Waals surface area (Å²) in [6.45, 7) is 6.65. The van der Waals surface area contributed by atoms with E-state index in [0.29, 0.717) is 17.8 Å². The average molecular weight is 213 g/mol. The lowest BCUT2D eigenvalue weighted by Gasteiger charge is -2.36. The number of hydrogen-bond donors (Lipinski definition) is 1. The molecular formula is C12H23NO2. The highest BCUT2D eigenvalue weighted by atomic mass is 16.6. The second kappa shape index (κ2) is 5.38. The van der Waals surface area contributed by atoms with Gasteiger partial charge in [0.05, 0.1) is 0 Å². The van der Waals surface area contributed by atoms with Gasteiger partial charge < -0.3 is 10.1 Å². The largest absolute Gasteiger partial charge is 0.446 e. The van der Waals surface area contributed by atoms with Crippen molar-refractivity contribution in [3.8, 4) is 0 Å². The minimum absolute atomic E-state index is 0.105. The van der Waals surface area contributed by atoms with Crippen LogP contribution in [0.4, 0.5) is 4.79 Å². The van der Waals surface area contributed by atoms with Crippen molar-refractivity contribution in [1.82, 2.24) is 5.32 Å². The van der Waals surface area contributed by atoms with E-state index in [1.165, 1.54) is 12.8 Å². The fourth-order valence-corrected chi connectivity index (χ4v) is 2.45. The Bertz CT molecular complexity index is 216. The Morgan fingerprint density at radius 2 is 2.07 bits per heavy atom. The molecule has 1 N–H and O–H groups in total. The first-order valence-electron chi connectivity index (χ1n) is 5.93. The van der Waals surface area contributed by atoms with Crippen LogP contribution in [-0.2, 0) is 4.74 Å². The third-order valence-electron chi connectivity index (χ3n) is 3.42. The Balaban J connectivity index is 2.57. The summed E-state index contributed by atoms with van der Waals surface area (Å²) in [5.41, 5.74) is 0. The smallest absolute Gasteiger partial charge is 0.407 e. The van der Waals surface area contributed by atoms with Gasteiger partial charge in [0, 0.05) is 7.05 Å². The number of nitrogens with one attached hydrogen (secondary N) is 1. The van der Waals surface area contributed by atoms with Crippen molar-refractivity contribution >= 4 is 6.09 Å². The van der Waals surface area contributed by atoms with E-state index >= 15 is 0 Å². The van der Waals surface area contributed by atoms with E-state index < -0.39 is 0 Å². The number of ether oxygens (including phenoxy) is 1. The zero-order valence-corrected chi connectivity index (χ0v) is 10.2. The van der Waals surface area contributed by atoms with E-state index in [1.807, 2.05) is 0 Å². The highest BCUT2D eigenvalue weighted by Crippen LogP contribution is 2.35. The van der Waals surface area contributed by atoms with Gasteiger partial charge >= 0.3 is 6.09 Å². The molecule has 3 nitrogen and oxygen atoms in total. The highest BCUT2D eigenvalue weighted by Gasteiger charge is 2.33. The van der Waals surface area contributed by atoms with Gasteiger partial charge in [-0.05, 0) is 30.6 Å². The van der Waals surface area contributed by atoms with Gasteiger partial charge in [0.15, 0.2) is 0 Å². The highest BCUT2D eigenvalue weighted by molar-refractivity contribution is 5.66. The van der Waals surface area contributed by atoms with Crippen LogP contribution < -0.4 is 5.32 Å². The van der Waals surface area contributed by atoms with Crippen LogP contribution in [0.15, 0.2) is 0 Å². The molecule has 1 rings (SSSR count). The molecule has 1 fully saturated rings. The van der Waals surface area contributed by atoms with Gasteiger partial charge in [0.2, 0.25) is 0 Å². The van der Waals surface area contributed by atoms with Gasteiger partial charge in [0.1, 0.15) is 6.10 Å². The van der Waals surface area contributed by atoms with Crippen molar-refractivity contribution < 1.29 is 9.53 Å². The summed E-state index contributed by atoms with van der Waals surface area (Å²) in [7, 11) is 1.61. The summed E-state index contributed by atoms with van der Waals surface area (Å²) < 4.78 is 5.43. The summed E-state index contributed by atoms with van der Waals surface area (Å²) in [4.78, 5) is 11.2. The molecule has 88 valence electrons. The van der Waals surface area contributed by atoms with Gasteiger partial charge in [-0.25, -0.2) is 4.79 Å².